The van der Waals surface area contributed by atoms with Crippen LogP contribution in [0, 0.1) is 0 Å². The first-order valence-corrected chi connectivity index (χ1v) is 11.1. The number of hydrogen-bond donors (Lipinski definition) is 1. The SMILES string of the molecule is C=CC(=O)Nc1sc(N2CCCCC2)nc1N1CCn2c(cc3ccccc32)C1=O. The van der Waals surface area contributed by atoms with Crippen molar-refractivity contribution in [3.8, 4) is 0 Å². The van der Waals surface area contributed by atoms with Gasteiger partial charge in [0, 0.05) is 37.1 Å². The summed E-state index contributed by atoms with van der Waals surface area (Å²) in [5.74, 6) is 0.128. The molecule has 2 aliphatic rings. The lowest BCUT2D eigenvalue weighted by Crippen LogP contribution is -2.40. The molecule has 4 heterocycles. The van der Waals surface area contributed by atoms with Crippen LogP contribution in [0.4, 0.5) is 16.0 Å². The zero-order valence-corrected chi connectivity index (χ0v) is 17.5. The molecule has 0 atom stereocenters. The van der Waals surface area contributed by atoms with Crippen LogP contribution in [0.3, 0.4) is 0 Å². The smallest absolute Gasteiger partial charge is 0.276 e. The van der Waals surface area contributed by atoms with Gasteiger partial charge in [0.05, 0.1) is 0 Å². The molecule has 0 aliphatic carbocycles. The Hall–Kier alpha value is -3.13. The second-order valence-corrected chi connectivity index (χ2v) is 8.56. The van der Waals surface area contributed by atoms with E-state index in [0.717, 1.165) is 42.0 Å². The van der Waals surface area contributed by atoms with Gasteiger partial charge >= 0.3 is 0 Å². The Labute approximate surface area is 178 Å². The van der Waals surface area contributed by atoms with Gasteiger partial charge in [0.15, 0.2) is 10.9 Å². The number of hydrogen-bond acceptors (Lipinski definition) is 5. The first-order chi connectivity index (χ1) is 14.7. The van der Waals surface area contributed by atoms with Crippen molar-refractivity contribution < 1.29 is 9.59 Å². The zero-order chi connectivity index (χ0) is 20.7. The molecule has 154 valence electrons. The fourth-order valence-corrected chi connectivity index (χ4v) is 5.24. The van der Waals surface area contributed by atoms with E-state index in [4.69, 9.17) is 4.98 Å². The van der Waals surface area contributed by atoms with Gasteiger partial charge < -0.3 is 14.8 Å². The molecule has 7 nitrogen and oxygen atoms in total. The molecule has 0 bridgehead atoms. The first-order valence-electron chi connectivity index (χ1n) is 10.2. The summed E-state index contributed by atoms with van der Waals surface area (Å²) < 4.78 is 2.06. The number of para-hydroxylation sites is 1. The number of carbonyl (C=O) groups excluding carboxylic acids is 2. The average molecular weight is 422 g/mol. The van der Waals surface area contributed by atoms with E-state index in [1.165, 1.54) is 23.8 Å². The van der Waals surface area contributed by atoms with Gasteiger partial charge in [-0.3, -0.25) is 14.5 Å². The summed E-state index contributed by atoms with van der Waals surface area (Å²) in [6, 6.07) is 9.95. The number of fused-ring (bicyclic) bond motifs is 3. The predicted molar refractivity (Wildman–Crippen MR) is 121 cm³/mol. The van der Waals surface area contributed by atoms with Crippen LogP contribution in [-0.2, 0) is 11.3 Å². The van der Waals surface area contributed by atoms with E-state index in [1.54, 1.807) is 4.90 Å². The molecule has 2 aliphatic heterocycles. The Morgan fingerprint density at radius 1 is 1.13 bits per heavy atom. The molecular formula is C22H23N5O2S. The average Bonchev–Trinajstić information content (AvgIpc) is 3.37. The number of aromatic nitrogens is 2. The van der Waals surface area contributed by atoms with Crippen molar-refractivity contribution in [3.05, 3.63) is 48.7 Å². The van der Waals surface area contributed by atoms with Crippen LogP contribution in [0.5, 0.6) is 0 Å². The molecular weight excluding hydrogens is 398 g/mol. The number of nitrogens with one attached hydrogen (secondary N) is 1. The molecule has 1 saturated heterocycles. The second kappa shape index (κ2) is 7.60. The molecule has 0 spiro atoms. The molecule has 1 fully saturated rings. The lowest BCUT2D eigenvalue weighted by atomic mass is 10.1. The third-order valence-corrected chi connectivity index (χ3v) is 6.75. The molecule has 30 heavy (non-hydrogen) atoms. The third kappa shape index (κ3) is 3.17. The van der Waals surface area contributed by atoms with Crippen LogP contribution in [0.25, 0.3) is 10.9 Å². The number of amides is 2. The number of thiazole rings is 1. The fraction of sp³-hybridized carbons (Fsp3) is 0.318. The molecule has 1 aromatic carbocycles. The van der Waals surface area contributed by atoms with Gasteiger partial charge in [0.1, 0.15) is 10.7 Å². The highest BCUT2D eigenvalue weighted by molar-refractivity contribution is 7.20. The number of benzene rings is 1. The maximum atomic E-state index is 13.4. The molecule has 0 unspecified atom stereocenters. The standard InChI is InChI=1S/C22H23N5O2S/c1-2-18(28)23-20-19(24-22(30-20)25-10-6-3-7-11-25)27-13-12-26-16-9-5-4-8-15(16)14-17(26)21(27)29/h2,4-5,8-9,14H,1,3,6-7,10-13H2,(H,23,28). The van der Waals surface area contributed by atoms with Crippen LogP contribution >= 0.6 is 11.3 Å². The quantitative estimate of drug-likeness (QED) is 0.649. The predicted octanol–water partition coefficient (Wildman–Crippen LogP) is 3.87. The van der Waals surface area contributed by atoms with Crippen molar-refractivity contribution in [3.63, 3.8) is 0 Å². The molecule has 3 aromatic rings. The van der Waals surface area contributed by atoms with Crippen molar-refractivity contribution >= 4 is 50.0 Å². The molecule has 2 aromatic heterocycles. The summed E-state index contributed by atoms with van der Waals surface area (Å²) in [7, 11) is 0. The maximum absolute atomic E-state index is 13.4. The topological polar surface area (TPSA) is 70.5 Å². The van der Waals surface area contributed by atoms with E-state index >= 15 is 0 Å². The largest absolute Gasteiger partial charge is 0.348 e. The van der Waals surface area contributed by atoms with Crippen molar-refractivity contribution in [1.29, 1.82) is 0 Å². The highest BCUT2D eigenvalue weighted by Gasteiger charge is 2.32. The Balaban J connectivity index is 1.53. The molecule has 2 amide bonds. The summed E-state index contributed by atoms with van der Waals surface area (Å²) in [5, 5.41) is 5.36. The maximum Gasteiger partial charge on any atom is 0.276 e. The first kappa shape index (κ1) is 18.9. The van der Waals surface area contributed by atoms with Crippen molar-refractivity contribution in [1.82, 2.24) is 9.55 Å². The van der Waals surface area contributed by atoms with Crippen molar-refractivity contribution in [2.75, 3.05) is 34.8 Å². The summed E-state index contributed by atoms with van der Waals surface area (Å²) >= 11 is 1.43. The number of carbonyl (C=O) groups is 2. The third-order valence-electron chi connectivity index (χ3n) is 5.72. The zero-order valence-electron chi connectivity index (χ0n) is 16.6. The van der Waals surface area contributed by atoms with Crippen LogP contribution in [0.1, 0.15) is 29.8 Å². The van der Waals surface area contributed by atoms with E-state index in [0.29, 0.717) is 29.6 Å². The second-order valence-electron chi connectivity index (χ2n) is 7.59. The van der Waals surface area contributed by atoms with Crippen molar-refractivity contribution in [2.24, 2.45) is 0 Å². The normalized spacial score (nSPS) is 16.6. The highest BCUT2D eigenvalue weighted by atomic mass is 32.1. The van der Waals surface area contributed by atoms with Crippen LogP contribution in [-0.4, -0.2) is 41.0 Å². The number of piperidine rings is 1. The minimum atomic E-state index is -0.302. The molecule has 0 radical (unpaired) electrons. The lowest BCUT2D eigenvalue weighted by molar-refractivity contribution is -0.111. The Morgan fingerprint density at radius 2 is 1.93 bits per heavy atom. The number of rotatable bonds is 4. The van der Waals surface area contributed by atoms with Crippen LogP contribution < -0.4 is 15.1 Å². The van der Waals surface area contributed by atoms with Gasteiger partial charge in [-0.1, -0.05) is 36.1 Å². The van der Waals surface area contributed by atoms with E-state index in [2.05, 4.69) is 21.4 Å². The Bertz CT molecular complexity index is 1140. The van der Waals surface area contributed by atoms with Gasteiger partial charge in [-0.2, -0.15) is 4.98 Å². The number of nitrogens with zero attached hydrogens (tertiary/aromatic N) is 4. The molecule has 0 saturated carbocycles. The van der Waals surface area contributed by atoms with Gasteiger partial charge in [-0.05, 0) is 37.5 Å². The van der Waals surface area contributed by atoms with E-state index in [9.17, 15) is 9.59 Å². The van der Waals surface area contributed by atoms with Gasteiger partial charge in [-0.15, -0.1) is 0 Å². The lowest BCUT2D eigenvalue weighted by Gasteiger charge is -2.28. The van der Waals surface area contributed by atoms with E-state index in [1.807, 2.05) is 30.3 Å². The Morgan fingerprint density at radius 3 is 2.73 bits per heavy atom. The monoisotopic (exact) mass is 421 g/mol. The summed E-state index contributed by atoms with van der Waals surface area (Å²) in [5.41, 5.74) is 1.71. The highest BCUT2D eigenvalue weighted by Crippen LogP contribution is 2.39. The van der Waals surface area contributed by atoms with Gasteiger partial charge in [0.25, 0.3) is 5.91 Å². The van der Waals surface area contributed by atoms with E-state index in [-0.39, 0.29) is 11.8 Å². The van der Waals surface area contributed by atoms with Crippen LogP contribution in [0.15, 0.2) is 43.0 Å². The minimum absolute atomic E-state index is 0.0953. The molecule has 8 heteroatoms. The number of anilines is 3. The molecule has 1 N–H and O–H groups in total. The molecule has 5 rings (SSSR count). The minimum Gasteiger partial charge on any atom is -0.348 e. The van der Waals surface area contributed by atoms with Gasteiger partial charge in [0.2, 0.25) is 5.91 Å². The van der Waals surface area contributed by atoms with Gasteiger partial charge in [-0.25, -0.2) is 0 Å². The summed E-state index contributed by atoms with van der Waals surface area (Å²) in [6.07, 6.45) is 4.72. The fourth-order valence-electron chi connectivity index (χ4n) is 4.22. The summed E-state index contributed by atoms with van der Waals surface area (Å²) in [4.78, 5) is 34.2. The Kier molecular flexibility index (Phi) is 4.78. The van der Waals surface area contributed by atoms with Crippen LogP contribution in [0.2, 0.25) is 0 Å². The van der Waals surface area contributed by atoms with Crippen molar-refractivity contribution in [2.45, 2.75) is 25.8 Å². The van der Waals surface area contributed by atoms with E-state index < -0.39 is 0 Å². The summed E-state index contributed by atoms with van der Waals surface area (Å²) in [6.45, 7) is 6.62.